The fraction of sp³-hybridized carbons (Fsp3) is 0.818. The van der Waals surface area contributed by atoms with Crippen LogP contribution in [0.3, 0.4) is 0 Å². The molecule has 0 aromatic heterocycles. The van der Waals surface area contributed by atoms with Crippen molar-refractivity contribution in [2.24, 2.45) is 23.7 Å². The van der Waals surface area contributed by atoms with E-state index in [1.165, 1.54) is 0 Å². The molecular weight excluding hydrogens is 223 g/mol. The van der Waals surface area contributed by atoms with E-state index in [1.807, 2.05) is 0 Å². The predicted molar refractivity (Wildman–Crippen MR) is 64.4 cm³/mol. The highest BCUT2D eigenvalue weighted by Crippen LogP contribution is 2.37. The minimum absolute atomic E-state index is 0. The Morgan fingerprint density at radius 2 is 1.56 bits per heavy atom. The van der Waals surface area contributed by atoms with Crippen molar-refractivity contribution in [2.45, 2.75) is 33.1 Å². The third kappa shape index (κ3) is 3.50. The van der Waals surface area contributed by atoms with Crippen molar-refractivity contribution in [1.82, 2.24) is 0 Å². The van der Waals surface area contributed by atoms with Crippen LogP contribution in [0.5, 0.6) is 0 Å². The summed E-state index contributed by atoms with van der Waals surface area (Å²) in [6.45, 7) is 4.12. The molecule has 0 bridgehead atoms. The third-order valence-corrected chi connectivity index (χ3v) is 3.47. The Kier molecular flexibility index (Phi) is 6.06. The fourth-order valence-corrected chi connectivity index (χ4v) is 2.38. The number of rotatable bonds is 3. The Bertz CT molecular complexity index is 265. The zero-order valence-corrected chi connectivity index (χ0v) is 9.14. The summed E-state index contributed by atoms with van der Waals surface area (Å²) in [5, 5.41) is 17.9. The van der Waals surface area contributed by atoms with E-state index in [-0.39, 0.29) is 17.4 Å². The topological polar surface area (TPSA) is 74.6 Å². The molecule has 3 atom stereocenters. The molecule has 0 heterocycles. The highest BCUT2D eigenvalue weighted by atomic mass is 27.0. The normalized spacial score (nSPS) is 29.6. The van der Waals surface area contributed by atoms with Crippen LogP contribution in [0.25, 0.3) is 0 Å². The molecule has 4 nitrogen and oxygen atoms in total. The summed E-state index contributed by atoms with van der Waals surface area (Å²) in [4.78, 5) is 21.9. The number of aliphatic carboxylic acids is 2. The van der Waals surface area contributed by atoms with E-state index < -0.39 is 23.8 Å². The largest absolute Gasteiger partial charge is 0.481 e. The van der Waals surface area contributed by atoms with E-state index in [9.17, 15) is 9.59 Å². The van der Waals surface area contributed by atoms with Gasteiger partial charge in [0.25, 0.3) is 0 Å². The SMILES string of the molecule is CC(C)C1CCC(C(=O)O)C(C(=O)O)C1.[AlH3]. The minimum atomic E-state index is -0.968. The van der Waals surface area contributed by atoms with Gasteiger partial charge in [-0.2, -0.15) is 0 Å². The van der Waals surface area contributed by atoms with E-state index in [4.69, 9.17) is 10.2 Å². The Labute approximate surface area is 106 Å². The number of hydrogen-bond acceptors (Lipinski definition) is 2. The standard InChI is InChI=1S/C11H18O4.Al.3H/c1-6(2)7-3-4-8(10(12)13)9(5-7)11(14)15;;;;/h6-9H,3-5H2,1-2H3,(H,12,13)(H,14,15);;;;. The maximum atomic E-state index is 11.0. The van der Waals surface area contributed by atoms with Gasteiger partial charge in [-0.1, -0.05) is 13.8 Å². The first-order valence-electron chi connectivity index (χ1n) is 5.39. The van der Waals surface area contributed by atoms with E-state index in [1.54, 1.807) is 0 Å². The molecule has 1 aliphatic carbocycles. The van der Waals surface area contributed by atoms with Gasteiger partial charge in [-0.05, 0) is 31.1 Å². The van der Waals surface area contributed by atoms with E-state index in [0.717, 1.165) is 6.42 Å². The first kappa shape index (κ1) is 15.5. The van der Waals surface area contributed by atoms with Crippen molar-refractivity contribution in [3.63, 3.8) is 0 Å². The molecule has 0 aromatic rings. The van der Waals surface area contributed by atoms with Crippen LogP contribution in [0.1, 0.15) is 33.1 Å². The number of carboxylic acids is 2. The van der Waals surface area contributed by atoms with Gasteiger partial charge in [0, 0.05) is 0 Å². The van der Waals surface area contributed by atoms with Crippen molar-refractivity contribution < 1.29 is 19.8 Å². The molecule has 0 amide bonds. The molecule has 1 rings (SSSR count). The summed E-state index contributed by atoms with van der Waals surface area (Å²) < 4.78 is 0. The highest BCUT2D eigenvalue weighted by molar-refractivity contribution is 5.80. The molecule has 0 spiro atoms. The average Bonchev–Trinajstić information content (AvgIpc) is 2.16. The van der Waals surface area contributed by atoms with Gasteiger partial charge in [0.05, 0.1) is 11.8 Å². The second-order valence-corrected chi connectivity index (χ2v) is 4.71. The van der Waals surface area contributed by atoms with Crippen molar-refractivity contribution in [1.29, 1.82) is 0 Å². The summed E-state index contributed by atoms with van der Waals surface area (Å²) in [7, 11) is 0. The quantitative estimate of drug-likeness (QED) is 0.715. The van der Waals surface area contributed by atoms with Crippen LogP contribution >= 0.6 is 0 Å². The van der Waals surface area contributed by atoms with Crippen LogP contribution in [0.2, 0.25) is 0 Å². The van der Waals surface area contributed by atoms with Crippen LogP contribution in [0.4, 0.5) is 0 Å². The van der Waals surface area contributed by atoms with Crippen LogP contribution < -0.4 is 0 Å². The van der Waals surface area contributed by atoms with E-state index in [0.29, 0.717) is 24.7 Å². The Morgan fingerprint density at radius 3 is 1.94 bits per heavy atom. The van der Waals surface area contributed by atoms with Gasteiger partial charge in [0.15, 0.2) is 17.4 Å². The zero-order valence-electron chi connectivity index (χ0n) is 9.14. The number of carboxylic acid groups (broad SMARTS) is 2. The van der Waals surface area contributed by atoms with Crippen LogP contribution in [0.15, 0.2) is 0 Å². The number of carbonyl (C=O) groups is 2. The van der Waals surface area contributed by atoms with Gasteiger partial charge < -0.3 is 10.2 Å². The summed E-state index contributed by atoms with van der Waals surface area (Å²) in [5.74, 6) is -2.55. The van der Waals surface area contributed by atoms with Crippen LogP contribution in [0, 0.1) is 23.7 Å². The second kappa shape index (κ2) is 6.27. The lowest BCUT2D eigenvalue weighted by Gasteiger charge is -2.33. The van der Waals surface area contributed by atoms with Crippen molar-refractivity contribution >= 4 is 29.3 Å². The van der Waals surface area contributed by atoms with Crippen molar-refractivity contribution in [3.05, 3.63) is 0 Å². The maximum absolute atomic E-state index is 11.0. The summed E-state index contributed by atoms with van der Waals surface area (Å²) in [5.41, 5.74) is 0. The monoisotopic (exact) mass is 244 g/mol. The second-order valence-electron chi connectivity index (χ2n) is 4.71. The molecule has 2 N–H and O–H groups in total. The molecule has 92 valence electrons. The molecule has 1 fully saturated rings. The predicted octanol–water partition coefficient (Wildman–Crippen LogP) is 0.660. The molecule has 0 aromatic carbocycles. The van der Waals surface area contributed by atoms with Gasteiger partial charge in [-0.3, -0.25) is 9.59 Å². The molecule has 3 unspecified atom stereocenters. The Balaban J connectivity index is 0.00000225. The molecule has 0 radical (unpaired) electrons. The molecule has 16 heavy (non-hydrogen) atoms. The highest BCUT2D eigenvalue weighted by Gasteiger charge is 2.39. The zero-order chi connectivity index (χ0) is 11.6. The van der Waals surface area contributed by atoms with Gasteiger partial charge >= 0.3 is 11.9 Å². The lowest BCUT2D eigenvalue weighted by Crippen LogP contribution is -2.36. The summed E-state index contributed by atoms with van der Waals surface area (Å²) in [6.07, 6.45) is 1.83. The summed E-state index contributed by atoms with van der Waals surface area (Å²) in [6, 6.07) is 0. The fourth-order valence-electron chi connectivity index (χ4n) is 2.38. The van der Waals surface area contributed by atoms with E-state index in [2.05, 4.69) is 13.8 Å². The molecule has 5 heteroatoms. The van der Waals surface area contributed by atoms with Gasteiger partial charge in [0.2, 0.25) is 0 Å². The van der Waals surface area contributed by atoms with Crippen molar-refractivity contribution in [2.75, 3.05) is 0 Å². The Morgan fingerprint density at radius 1 is 1.06 bits per heavy atom. The molecule has 0 aliphatic heterocycles. The first-order valence-corrected chi connectivity index (χ1v) is 5.39. The lowest BCUT2D eigenvalue weighted by molar-refractivity contribution is -0.157. The Hall–Kier alpha value is -0.528. The van der Waals surface area contributed by atoms with Gasteiger partial charge in [-0.15, -0.1) is 0 Å². The number of hydrogen-bond donors (Lipinski definition) is 2. The smallest absolute Gasteiger partial charge is 0.307 e. The molecule has 0 saturated heterocycles. The first-order chi connectivity index (χ1) is 6.93. The molecule has 1 aliphatic rings. The maximum Gasteiger partial charge on any atom is 0.307 e. The van der Waals surface area contributed by atoms with Gasteiger partial charge in [0.1, 0.15) is 0 Å². The van der Waals surface area contributed by atoms with Gasteiger partial charge in [-0.25, -0.2) is 0 Å². The van der Waals surface area contributed by atoms with Crippen LogP contribution in [-0.2, 0) is 9.59 Å². The minimum Gasteiger partial charge on any atom is -0.481 e. The van der Waals surface area contributed by atoms with E-state index >= 15 is 0 Å². The summed E-state index contributed by atoms with van der Waals surface area (Å²) >= 11 is 0. The molecular formula is C11H21AlO4. The lowest BCUT2D eigenvalue weighted by atomic mass is 9.70. The third-order valence-electron chi connectivity index (χ3n) is 3.47. The van der Waals surface area contributed by atoms with Crippen molar-refractivity contribution in [3.8, 4) is 0 Å². The molecule has 1 saturated carbocycles. The van der Waals surface area contributed by atoms with Crippen LogP contribution in [-0.4, -0.2) is 39.5 Å². The average molecular weight is 244 g/mol.